The average Bonchev–Trinajstić information content (AvgIpc) is 2.74. The highest BCUT2D eigenvalue weighted by atomic mass is 16.5. The van der Waals surface area contributed by atoms with Crippen molar-refractivity contribution in [2.24, 2.45) is 5.10 Å². The zero-order valence-corrected chi connectivity index (χ0v) is 14.9. The summed E-state index contributed by atoms with van der Waals surface area (Å²) in [5.74, 6) is 0.0300. The van der Waals surface area contributed by atoms with E-state index in [2.05, 4.69) is 20.5 Å². The maximum atomic E-state index is 12.2. The number of benzene rings is 2. The summed E-state index contributed by atoms with van der Waals surface area (Å²) in [5, 5.41) is 3.87. The monoisotopic (exact) mass is 376 g/mol. The molecule has 8 heteroatoms. The number of aromatic nitrogens is 2. The van der Waals surface area contributed by atoms with Crippen LogP contribution in [0.2, 0.25) is 0 Å². The van der Waals surface area contributed by atoms with Crippen molar-refractivity contribution in [2.75, 3.05) is 7.11 Å². The van der Waals surface area contributed by atoms with Gasteiger partial charge in [0, 0.05) is 12.4 Å². The summed E-state index contributed by atoms with van der Waals surface area (Å²) in [4.78, 5) is 31.8. The van der Waals surface area contributed by atoms with Gasteiger partial charge in [-0.1, -0.05) is 12.1 Å². The molecule has 0 bridgehead atoms. The zero-order valence-electron chi connectivity index (χ0n) is 14.9. The second-order valence-corrected chi connectivity index (χ2v) is 5.48. The van der Waals surface area contributed by atoms with Gasteiger partial charge in [0.1, 0.15) is 17.2 Å². The molecule has 8 nitrogen and oxygen atoms in total. The Kier molecular flexibility index (Phi) is 6.04. The van der Waals surface area contributed by atoms with Crippen LogP contribution in [0.5, 0.6) is 11.5 Å². The maximum absolute atomic E-state index is 12.2. The third kappa shape index (κ3) is 4.98. The molecule has 0 saturated carbocycles. The maximum Gasteiger partial charge on any atom is 0.343 e. The molecule has 0 radical (unpaired) electrons. The fraction of sp³-hybridized carbons (Fsp3) is 0.0500. The molecule has 1 N–H and O–H groups in total. The van der Waals surface area contributed by atoms with Crippen LogP contribution in [0.25, 0.3) is 0 Å². The Morgan fingerprint density at radius 1 is 1.07 bits per heavy atom. The Bertz CT molecular complexity index is 989. The summed E-state index contributed by atoms with van der Waals surface area (Å²) in [7, 11) is 1.55. The van der Waals surface area contributed by atoms with Gasteiger partial charge in [0.25, 0.3) is 5.91 Å². The normalized spacial score (nSPS) is 10.5. The highest BCUT2D eigenvalue weighted by molar-refractivity contribution is 5.93. The minimum absolute atomic E-state index is 0.154. The molecule has 3 aromatic rings. The number of nitrogens with one attached hydrogen (secondary N) is 1. The largest absolute Gasteiger partial charge is 0.497 e. The number of hydrogen-bond acceptors (Lipinski definition) is 7. The standard InChI is InChI=1S/C20H16N4O4/c1-27-16-7-5-15(6-8-16)20(26)28-17-4-2-3-14(11-17)12-23-24-19(25)18-13-21-9-10-22-18/h2-13H,1H3,(H,24,25)/b23-12+. The Labute approximate surface area is 160 Å². The van der Waals surface area contributed by atoms with E-state index >= 15 is 0 Å². The number of esters is 1. The highest BCUT2D eigenvalue weighted by Gasteiger charge is 2.09. The number of rotatable bonds is 6. The van der Waals surface area contributed by atoms with Crippen molar-refractivity contribution in [3.8, 4) is 11.5 Å². The molecule has 0 aliphatic heterocycles. The molecule has 0 saturated heterocycles. The van der Waals surface area contributed by atoms with E-state index in [1.165, 1.54) is 24.8 Å². The van der Waals surface area contributed by atoms with Crippen molar-refractivity contribution in [1.82, 2.24) is 15.4 Å². The molecule has 1 aromatic heterocycles. The smallest absolute Gasteiger partial charge is 0.343 e. The number of carbonyl (C=O) groups excluding carboxylic acids is 2. The molecule has 140 valence electrons. The Morgan fingerprint density at radius 3 is 2.61 bits per heavy atom. The van der Waals surface area contributed by atoms with E-state index in [9.17, 15) is 9.59 Å². The first-order chi connectivity index (χ1) is 13.7. The van der Waals surface area contributed by atoms with E-state index in [0.717, 1.165) is 0 Å². The number of nitrogens with zero attached hydrogens (tertiary/aromatic N) is 3. The quantitative estimate of drug-likeness (QED) is 0.307. The lowest BCUT2D eigenvalue weighted by atomic mass is 10.2. The van der Waals surface area contributed by atoms with Gasteiger partial charge >= 0.3 is 5.97 Å². The summed E-state index contributed by atoms with van der Waals surface area (Å²) >= 11 is 0. The SMILES string of the molecule is COc1ccc(C(=O)Oc2cccc(/C=N/NC(=O)c3cnccn3)c2)cc1. The number of carbonyl (C=O) groups is 2. The molecule has 0 unspecified atom stereocenters. The predicted molar refractivity (Wildman–Crippen MR) is 101 cm³/mol. The van der Waals surface area contributed by atoms with E-state index in [0.29, 0.717) is 22.6 Å². The Morgan fingerprint density at radius 2 is 1.89 bits per heavy atom. The van der Waals surface area contributed by atoms with Crippen LogP contribution in [-0.4, -0.2) is 35.2 Å². The molecule has 2 aromatic carbocycles. The first kappa shape index (κ1) is 18.7. The molecule has 0 spiro atoms. The summed E-state index contributed by atoms with van der Waals surface area (Å²) in [5.41, 5.74) is 3.54. The summed E-state index contributed by atoms with van der Waals surface area (Å²) in [6, 6.07) is 13.3. The second kappa shape index (κ2) is 9.04. The lowest BCUT2D eigenvalue weighted by molar-refractivity contribution is 0.0734. The van der Waals surface area contributed by atoms with Crippen LogP contribution in [0, 0.1) is 0 Å². The van der Waals surface area contributed by atoms with Gasteiger partial charge in [-0.25, -0.2) is 15.2 Å². The van der Waals surface area contributed by atoms with Gasteiger partial charge in [-0.05, 0) is 42.0 Å². The molecule has 0 fully saturated rings. The van der Waals surface area contributed by atoms with Crippen molar-refractivity contribution in [2.45, 2.75) is 0 Å². The fourth-order valence-electron chi connectivity index (χ4n) is 2.19. The lowest BCUT2D eigenvalue weighted by Crippen LogP contribution is -2.19. The van der Waals surface area contributed by atoms with E-state index in [4.69, 9.17) is 9.47 Å². The number of ether oxygens (including phenoxy) is 2. The van der Waals surface area contributed by atoms with Gasteiger partial charge < -0.3 is 9.47 Å². The molecule has 3 rings (SSSR count). The van der Waals surface area contributed by atoms with Crippen molar-refractivity contribution >= 4 is 18.1 Å². The van der Waals surface area contributed by atoms with Gasteiger partial charge in [-0.3, -0.25) is 9.78 Å². The third-order valence-corrected chi connectivity index (χ3v) is 3.57. The number of methoxy groups -OCH3 is 1. The summed E-state index contributed by atoms with van der Waals surface area (Å²) in [6.45, 7) is 0. The zero-order chi connectivity index (χ0) is 19.8. The van der Waals surface area contributed by atoms with Gasteiger partial charge in [0.15, 0.2) is 0 Å². The molecule has 28 heavy (non-hydrogen) atoms. The fourth-order valence-corrected chi connectivity index (χ4v) is 2.19. The molecule has 0 atom stereocenters. The third-order valence-electron chi connectivity index (χ3n) is 3.57. The summed E-state index contributed by atoms with van der Waals surface area (Å²) < 4.78 is 10.4. The van der Waals surface area contributed by atoms with Crippen LogP contribution < -0.4 is 14.9 Å². The number of hydrazone groups is 1. The van der Waals surface area contributed by atoms with Crippen molar-refractivity contribution in [1.29, 1.82) is 0 Å². The van der Waals surface area contributed by atoms with E-state index < -0.39 is 11.9 Å². The van der Waals surface area contributed by atoms with Gasteiger partial charge in [0.05, 0.1) is 25.1 Å². The lowest BCUT2D eigenvalue weighted by Gasteiger charge is -2.06. The van der Waals surface area contributed by atoms with Gasteiger partial charge in [0.2, 0.25) is 0 Å². The van der Waals surface area contributed by atoms with E-state index in [1.54, 1.807) is 55.6 Å². The van der Waals surface area contributed by atoms with Crippen LogP contribution in [0.15, 0.2) is 72.2 Å². The van der Waals surface area contributed by atoms with Crippen molar-refractivity contribution in [3.63, 3.8) is 0 Å². The molecular formula is C20H16N4O4. The van der Waals surface area contributed by atoms with Gasteiger partial charge in [-0.15, -0.1) is 0 Å². The first-order valence-corrected chi connectivity index (χ1v) is 8.21. The van der Waals surface area contributed by atoms with Crippen LogP contribution in [0.3, 0.4) is 0 Å². The van der Waals surface area contributed by atoms with Crippen LogP contribution in [-0.2, 0) is 0 Å². The molecule has 0 aliphatic rings. The molecule has 1 amide bonds. The van der Waals surface area contributed by atoms with E-state index in [-0.39, 0.29) is 5.69 Å². The second-order valence-electron chi connectivity index (χ2n) is 5.48. The molecular weight excluding hydrogens is 360 g/mol. The van der Waals surface area contributed by atoms with Crippen LogP contribution in [0.1, 0.15) is 26.4 Å². The van der Waals surface area contributed by atoms with Crippen molar-refractivity contribution in [3.05, 3.63) is 83.9 Å². The minimum atomic E-state index is -0.493. The molecule has 0 aliphatic carbocycles. The van der Waals surface area contributed by atoms with Crippen LogP contribution in [0.4, 0.5) is 0 Å². The molecule has 1 heterocycles. The Hall–Kier alpha value is -4.07. The minimum Gasteiger partial charge on any atom is -0.497 e. The van der Waals surface area contributed by atoms with Gasteiger partial charge in [-0.2, -0.15) is 5.10 Å². The Balaban J connectivity index is 1.61. The number of amides is 1. The first-order valence-electron chi connectivity index (χ1n) is 8.21. The van der Waals surface area contributed by atoms with E-state index in [1.807, 2.05) is 0 Å². The topological polar surface area (TPSA) is 103 Å². The van der Waals surface area contributed by atoms with Crippen molar-refractivity contribution < 1.29 is 19.1 Å². The van der Waals surface area contributed by atoms with Crippen LogP contribution >= 0.6 is 0 Å². The predicted octanol–water partition coefficient (Wildman–Crippen LogP) is 2.47. The number of hydrogen-bond donors (Lipinski definition) is 1. The summed E-state index contributed by atoms with van der Waals surface area (Å²) in [6.07, 6.45) is 5.65. The highest BCUT2D eigenvalue weighted by Crippen LogP contribution is 2.16. The average molecular weight is 376 g/mol.